The Balaban J connectivity index is 2.05. The predicted molar refractivity (Wildman–Crippen MR) is 80.6 cm³/mol. The maximum atomic E-state index is 12.7. The number of aromatic hydroxyl groups is 2. The van der Waals surface area contributed by atoms with Crippen molar-refractivity contribution in [1.82, 2.24) is 0 Å². The Bertz CT molecular complexity index is 727. The smallest absolute Gasteiger partial charge is 0.262 e. The molecule has 21 heavy (non-hydrogen) atoms. The number of rotatable bonds is 1. The van der Waals surface area contributed by atoms with Crippen LogP contribution in [0.1, 0.15) is 22.8 Å². The summed E-state index contributed by atoms with van der Waals surface area (Å²) < 4.78 is 0. The molecule has 0 spiro atoms. The summed E-state index contributed by atoms with van der Waals surface area (Å²) in [4.78, 5) is 14.3. The third-order valence-electron chi connectivity index (χ3n) is 3.75. The summed E-state index contributed by atoms with van der Waals surface area (Å²) >= 11 is 0. The first kappa shape index (κ1) is 13.3. The molecule has 0 radical (unpaired) electrons. The minimum absolute atomic E-state index is 0.0314. The molecule has 2 aromatic carbocycles. The van der Waals surface area contributed by atoms with Crippen molar-refractivity contribution >= 4 is 17.3 Å². The zero-order chi connectivity index (χ0) is 15.1. The van der Waals surface area contributed by atoms with Gasteiger partial charge in [0.1, 0.15) is 11.5 Å². The Morgan fingerprint density at radius 3 is 2.76 bits per heavy atom. The van der Waals surface area contributed by atoms with Gasteiger partial charge in [0.15, 0.2) is 0 Å². The van der Waals surface area contributed by atoms with Crippen molar-refractivity contribution in [2.75, 3.05) is 10.6 Å². The number of fused-ring (bicyclic) bond motifs is 1. The predicted octanol–water partition coefficient (Wildman–Crippen LogP) is 2.27. The van der Waals surface area contributed by atoms with Crippen LogP contribution in [-0.2, 0) is 6.42 Å². The zero-order valence-electron chi connectivity index (χ0n) is 11.6. The van der Waals surface area contributed by atoms with Crippen LogP contribution in [0.2, 0.25) is 0 Å². The monoisotopic (exact) mass is 284 g/mol. The fraction of sp³-hybridized carbons (Fsp3) is 0.188. The Morgan fingerprint density at radius 2 is 2.00 bits per heavy atom. The highest BCUT2D eigenvalue weighted by Crippen LogP contribution is 2.36. The van der Waals surface area contributed by atoms with Gasteiger partial charge in [0.2, 0.25) is 0 Å². The number of hydrogen-bond donors (Lipinski definition) is 3. The first-order valence-corrected chi connectivity index (χ1v) is 6.71. The lowest BCUT2D eigenvalue weighted by atomic mass is 10.1. The number of carbonyl (C=O) groups excluding carboxylic acids is 1. The molecule has 3 rings (SSSR count). The summed E-state index contributed by atoms with van der Waals surface area (Å²) in [5, 5.41) is 19.4. The van der Waals surface area contributed by atoms with E-state index in [0.29, 0.717) is 12.1 Å². The number of anilines is 2. The van der Waals surface area contributed by atoms with Crippen LogP contribution in [0.5, 0.6) is 11.5 Å². The average Bonchev–Trinajstić information content (AvgIpc) is 2.75. The van der Waals surface area contributed by atoms with Gasteiger partial charge in [-0.05, 0) is 55.3 Å². The third kappa shape index (κ3) is 2.16. The number of phenols is 2. The number of nitrogens with two attached hydrogens (primary N) is 1. The molecule has 1 amide bonds. The first-order valence-electron chi connectivity index (χ1n) is 6.71. The Hall–Kier alpha value is -2.69. The Morgan fingerprint density at radius 1 is 1.24 bits per heavy atom. The number of hydrogen-bond acceptors (Lipinski definition) is 4. The van der Waals surface area contributed by atoms with Crippen molar-refractivity contribution in [3.8, 4) is 11.5 Å². The van der Waals surface area contributed by atoms with Crippen LogP contribution in [0.3, 0.4) is 0 Å². The van der Waals surface area contributed by atoms with E-state index in [1.54, 1.807) is 11.0 Å². The molecular weight excluding hydrogens is 268 g/mol. The first-order chi connectivity index (χ1) is 9.97. The van der Waals surface area contributed by atoms with E-state index in [1.165, 1.54) is 18.2 Å². The zero-order valence-corrected chi connectivity index (χ0v) is 11.6. The summed E-state index contributed by atoms with van der Waals surface area (Å²) in [6, 6.07) is 9.32. The standard InChI is InChI=1S/C16H16N2O3/c1-9-6-10-7-11(17)2-4-14(10)18(9)16(21)13-8-12(19)3-5-15(13)20/h2-5,7-9,19-20H,6,17H2,1H3. The van der Waals surface area contributed by atoms with Crippen molar-refractivity contribution in [1.29, 1.82) is 0 Å². The molecule has 0 aliphatic carbocycles. The van der Waals surface area contributed by atoms with Gasteiger partial charge in [0, 0.05) is 17.4 Å². The molecule has 1 unspecified atom stereocenters. The minimum atomic E-state index is -0.334. The highest BCUT2D eigenvalue weighted by Gasteiger charge is 2.32. The lowest BCUT2D eigenvalue weighted by Crippen LogP contribution is -2.35. The molecule has 1 heterocycles. The number of nitrogens with zero attached hydrogens (tertiary/aromatic N) is 1. The summed E-state index contributed by atoms with van der Waals surface area (Å²) in [5.41, 5.74) is 8.33. The van der Waals surface area contributed by atoms with Crippen LogP contribution in [0.15, 0.2) is 36.4 Å². The lowest BCUT2D eigenvalue weighted by Gasteiger charge is -2.23. The van der Waals surface area contributed by atoms with Crippen LogP contribution in [0, 0.1) is 0 Å². The number of phenolic OH excluding ortho intramolecular Hbond substituents is 2. The molecule has 5 nitrogen and oxygen atoms in total. The van der Waals surface area contributed by atoms with Gasteiger partial charge in [-0.1, -0.05) is 0 Å². The van der Waals surface area contributed by atoms with E-state index in [1.807, 2.05) is 19.1 Å². The number of amides is 1. The van der Waals surface area contributed by atoms with Crippen LogP contribution in [0.25, 0.3) is 0 Å². The molecule has 4 N–H and O–H groups in total. The van der Waals surface area contributed by atoms with E-state index in [9.17, 15) is 15.0 Å². The Kier molecular flexibility index (Phi) is 2.97. The molecule has 108 valence electrons. The van der Waals surface area contributed by atoms with E-state index in [0.717, 1.165) is 11.3 Å². The second-order valence-electron chi connectivity index (χ2n) is 5.32. The summed E-state index contributed by atoms with van der Waals surface area (Å²) in [6.45, 7) is 1.94. The molecule has 2 aromatic rings. The minimum Gasteiger partial charge on any atom is -0.508 e. The van der Waals surface area contributed by atoms with Gasteiger partial charge < -0.3 is 20.8 Å². The fourth-order valence-corrected chi connectivity index (χ4v) is 2.79. The average molecular weight is 284 g/mol. The molecule has 0 fully saturated rings. The second kappa shape index (κ2) is 4.70. The summed E-state index contributed by atoms with van der Waals surface area (Å²) in [6.07, 6.45) is 0.714. The lowest BCUT2D eigenvalue weighted by molar-refractivity contribution is 0.0978. The Labute approximate surface area is 122 Å². The number of benzene rings is 2. The van der Waals surface area contributed by atoms with Crippen LogP contribution >= 0.6 is 0 Å². The molecule has 0 aromatic heterocycles. The largest absolute Gasteiger partial charge is 0.508 e. The number of nitrogen functional groups attached to an aromatic ring is 1. The van der Waals surface area contributed by atoms with Crippen molar-refractivity contribution < 1.29 is 15.0 Å². The second-order valence-corrected chi connectivity index (χ2v) is 5.32. The van der Waals surface area contributed by atoms with E-state index in [-0.39, 0.29) is 29.0 Å². The molecule has 1 aliphatic rings. The fourth-order valence-electron chi connectivity index (χ4n) is 2.79. The normalized spacial score (nSPS) is 16.8. The van der Waals surface area contributed by atoms with Crippen molar-refractivity contribution in [2.45, 2.75) is 19.4 Å². The van der Waals surface area contributed by atoms with Crippen molar-refractivity contribution in [3.63, 3.8) is 0 Å². The topological polar surface area (TPSA) is 86.8 Å². The van der Waals surface area contributed by atoms with Gasteiger partial charge in [0.25, 0.3) is 5.91 Å². The van der Waals surface area contributed by atoms with Gasteiger partial charge in [-0.25, -0.2) is 0 Å². The van der Waals surface area contributed by atoms with Crippen LogP contribution in [0.4, 0.5) is 11.4 Å². The molecular formula is C16H16N2O3. The van der Waals surface area contributed by atoms with Crippen molar-refractivity contribution in [3.05, 3.63) is 47.5 Å². The van der Waals surface area contributed by atoms with Gasteiger partial charge in [0.05, 0.1) is 5.56 Å². The van der Waals surface area contributed by atoms with Crippen molar-refractivity contribution in [2.24, 2.45) is 0 Å². The van der Waals surface area contributed by atoms with Gasteiger partial charge in [-0.15, -0.1) is 0 Å². The van der Waals surface area contributed by atoms with E-state index >= 15 is 0 Å². The third-order valence-corrected chi connectivity index (χ3v) is 3.75. The highest BCUT2D eigenvalue weighted by atomic mass is 16.3. The molecule has 5 heteroatoms. The maximum absolute atomic E-state index is 12.7. The highest BCUT2D eigenvalue weighted by molar-refractivity contribution is 6.09. The SMILES string of the molecule is CC1Cc2cc(N)ccc2N1C(=O)c1cc(O)ccc1O. The molecule has 0 bridgehead atoms. The molecule has 1 atom stereocenters. The molecule has 1 aliphatic heterocycles. The van der Waals surface area contributed by atoms with E-state index in [4.69, 9.17) is 5.73 Å². The van der Waals surface area contributed by atoms with E-state index in [2.05, 4.69) is 0 Å². The molecule has 0 saturated heterocycles. The van der Waals surface area contributed by atoms with Gasteiger partial charge >= 0.3 is 0 Å². The van der Waals surface area contributed by atoms with Crippen LogP contribution < -0.4 is 10.6 Å². The molecule has 0 saturated carbocycles. The number of carbonyl (C=O) groups is 1. The summed E-state index contributed by atoms with van der Waals surface area (Å²) in [5.74, 6) is -0.533. The van der Waals surface area contributed by atoms with E-state index < -0.39 is 0 Å². The quantitative estimate of drug-likeness (QED) is 0.554. The summed E-state index contributed by atoms with van der Waals surface area (Å²) in [7, 11) is 0. The van der Waals surface area contributed by atoms with Gasteiger partial charge in [-0.2, -0.15) is 0 Å². The maximum Gasteiger partial charge on any atom is 0.262 e. The van der Waals surface area contributed by atoms with Crippen LogP contribution in [-0.4, -0.2) is 22.2 Å². The van der Waals surface area contributed by atoms with Gasteiger partial charge in [-0.3, -0.25) is 4.79 Å².